The Morgan fingerprint density at radius 2 is 1.59 bits per heavy atom. The summed E-state index contributed by atoms with van der Waals surface area (Å²) in [4.78, 5) is 29.7. The highest BCUT2D eigenvalue weighted by Gasteiger charge is 2.30. The molecule has 2 aliphatic rings. The Morgan fingerprint density at radius 3 is 2.14 bits per heavy atom. The Balaban J connectivity index is 1.59. The summed E-state index contributed by atoms with van der Waals surface area (Å²) in [5.41, 5.74) is 0.683. The standard InChI is InChI=1S/C24H36N2O3/c1-17(2)25(21-10-5-6-11-21)24(28)20-12-14-22(15-13-20)29-16-23(27)26-18(3)8-7-9-19(26)4/h12-15,17-19,21H,5-11,16H2,1-4H3. The number of likely N-dealkylation sites (tertiary alicyclic amines) is 1. The van der Waals surface area contributed by atoms with Crippen LogP contribution in [0, 0.1) is 0 Å². The molecule has 1 heterocycles. The van der Waals surface area contributed by atoms with E-state index in [0.717, 1.165) is 25.7 Å². The third-order valence-corrected chi connectivity index (χ3v) is 6.45. The van der Waals surface area contributed by atoms with Gasteiger partial charge in [0.05, 0.1) is 0 Å². The summed E-state index contributed by atoms with van der Waals surface area (Å²) in [7, 11) is 0. The summed E-state index contributed by atoms with van der Waals surface area (Å²) < 4.78 is 5.74. The fourth-order valence-electron chi connectivity index (χ4n) is 4.98. The van der Waals surface area contributed by atoms with Gasteiger partial charge in [0.1, 0.15) is 5.75 Å². The van der Waals surface area contributed by atoms with Crippen LogP contribution in [0.2, 0.25) is 0 Å². The van der Waals surface area contributed by atoms with Gasteiger partial charge in [-0.3, -0.25) is 9.59 Å². The molecule has 0 radical (unpaired) electrons. The van der Waals surface area contributed by atoms with Crippen molar-refractivity contribution in [3.05, 3.63) is 29.8 Å². The highest BCUT2D eigenvalue weighted by Crippen LogP contribution is 2.27. The minimum atomic E-state index is 0.0390. The Hall–Kier alpha value is -2.04. The zero-order valence-corrected chi connectivity index (χ0v) is 18.4. The van der Waals surface area contributed by atoms with Crippen LogP contribution in [0.1, 0.15) is 83.0 Å². The molecule has 3 rings (SSSR count). The number of piperidine rings is 1. The lowest BCUT2D eigenvalue weighted by molar-refractivity contribution is -0.139. The average molecular weight is 401 g/mol. The first kappa shape index (κ1) is 21.7. The molecular weight excluding hydrogens is 364 g/mol. The van der Waals surface area contributed by atoms with Crippen LogP contribution in [0.4, 0.5) is 0 Å². The van der Waals surface area contributed by atoms with Crippen LogP contribution >= 0.6 is 0 Å². The average Bonchev–Trinajstić information content (AvgIpc) is 3.20. The van der Waals surface area contributed by atoms with Gasteiger partial charge in [0.15, 0.2) is 6.61 Å². The van der Waals surface area contributed by atoms with Crippen molar-refractivity contribution in [2.75, 3.05) is 6.61 Å². The molecule has 160 valence electrons. The maximum atomic E-state index is 13.1. The highest BCUT2D eigenvalue weighted by atomic mass is 16.5. The summed E-state index contributed by atoms with van der Waals surface area (Å²) in [6.07, 6.45) is 7.89. The van der Waals surface area contributed by atoms with E-state index in [1.165, 1.54) is 19.3 Å². The van der Waals surface area contributed by atoms with Crippen LogP contribution in [-0.2, 0) is 4.79 Å². The first-order valence-corrected chi connectivity index (χ1v) is 11.2. The van der Waals surface area contributed by atoms with Crippen molar-refractivity contribution in [1.82, 2.24) is 9.80 Å². The first-order chi connectivity index (χ1) is 13.9. The van der Waals surface area contributed by atoms with E-state index in [1.807, 2.05) is 21.9 Å². The van der Waals surface area contributed by atoms with Gasteiger partial charge in [0.2, 0.25) is 0 Å². The van der Waals surface area contributed by atoms with Crippen molar-refractivity contribution in [2.45, 2.75) is 96.8 Å². The Kier molecular flexibility index (Phi) is 7.20. The molecule has 0 aromatic heterocycles. The summed E-state index contributed by atoms with van der Waals surface area (Å²) in [5, 5.41) is 0. The SMILES string of the molecule is CC(C)N(C(=O)c1ccc(OCC(=O)N2C(C)CCCC2C)cc1)C1CCCC1. The first-order valence-electron chi connectivity index (χ1n) is 11.2. The van der Waals surface area contributed by atoms with Crippen LogP contribution in [0.15, 0.2) is 24.3 Å². The third-order valence-electron chi connectivity index (χ3n) is 6.45. The topological polar surface area (TPSA) is 49.9 Å². The van der Waals surface area contributed by atoms with E-state index in [2.05, 4.69) is 27.7 Å². The lowest BCUT2D eigenvalue weighted by Crippen LogP contribution is -2.49. The predicted molar refractivity (Wildman–Crippen MR) is 115 cm³/mol. The van der Waals surface area contributed by atoms with Crippen LogP contribution in [-0.4, -0.2) is 52.4 Å². The lowest BCUT2D eigenvalue weighted by atomic mass is 9.97. The minimum Gasteiger partial charge on any atom is -0.484 e. The van der Waals surface area contributed by atoms with Crippen molar-refractivity contribution in [3.63, 3.8) is 0 Å². The third kappa shape index (κ3) is 5.12. The van der Waals surface area contributed by atoms with Gasteiger partial charge >= 0.3 is 0 Å². The number of carbonyl (C=O) groups is 2. The Bertz CT molecular complexity index is 685. The number of hydrogen-bond donors (Lipinski definition) is 0. The highest BCUT2D eigenvalue weighted by molar-refractivity contribution is 5.94. The van der Waals surface area contributed by atoms with Crippen molar-refractivity contribution < 1.29 is 14.3 Å². The summed E-state index contributed by atoms with van der Waals surface area (Å²) in [6, 6.07) is 8.32. The van der Waals surface area contributed by atoms with Crippen molar-refractivity contribution >= 4 is 11.8 Å². The maximum absolute atomic E-state index is 13.1. The number of rotatable bonds is 6. The van der Waals surface area contributed by atoms with E-state index in [-0.39, 0.29) is 36.5 Å². The van der Waals surface area contributed by atoms with Gasteiger partial charge in [-0.05, 0) is 84.1 Å². The fraction of sp³-hybridized carbons (Fsp3) is 0.667. The second-order valence-corrected chi connectivity index (χ2v) is 8.99. The molecule has 1 saturated heterocycles. The molecule has 1 saturated carbocycles. The normalized spacial score (nSPS) is 22.7. The van der Waals surface area contributed by atoms with Crippen molar-refractivity contribution in [2.24, 2.45) is 0 Å². The molecular formula is C24H36N2O3. The van der Waals surface area contributed by atoms with Gasteiger partial charge in [0, 0.05) is 29.7 Å². The quantitative estimate of drug-likeness (QED) is 0.698. The molecule has 0 N–H and O–H groups in total. The molecule has 5 heteroatoms. The van der Waals surface area contributed by atoms with E-state index in [9.17, 15) is 9.59 Å². The number of carbonyl (C=O) groups excluding carboxylic acids is 2. The number of nitrogens with zero attached hydrogens (tertiary/aromatic N) is 2. The second-order valence-electron chi connectivity index (χ2n) is 8.99. The van der Waals surface area contributed by atoms with Crippen LogP contribution in [0.5, 0.6) is 5.75 Å². The summed E-state index contributed by atoms with van der Waals surface area (Å²) >= 11 is 0. The molecule has 29 heavy (non-hydrogen) atoms. The number of amides is 2. The van der Waals surface area contributed by atoms with Gasteiger partial charge < -0.3 is 14.5 Å². The molecule has 1 aromatic rings. The molecule has 1 aliphatic carbocycles. The van der Waals surface area contributed by atoms with Gasteiger partial charge in [-0.25, -0.2) is 0 Å². The van der Waals surface area contributed by atoms with Crippen molar-refractivity contribution in [3.8, 4) is 5.75 Å². The monoisotopic (exact) mass is 400 g/mol. The van der Waals surface area contributed by atoms with Gasteiger partial charge in [-0.1, -0.05) is 12.8 Å². The zero-order valence-electron chi connectivity index (χ0n) is 18.4. The molecule has 0 bridgehead atoms. The van der Waals surface area contributed by atoms with Gasteiger partial charge in [0.25, 0.3) is 11.8 Å². The minimum absolute atomic E-state index is 0.0390. The van der Waals surface area contributed by atoms with Crippen LogP contribution in [0.25, 0.3) is 0 Å². The number of hydrogen-bond acceptors (Lipinski definition) is 3. The van der Waals surface area contributed by atoms with Gasteiger partial charge in [-0.15, -0.1) is 0 Å². The largest absolute Gasteiger partial charge is 0.484 e. The van der Waals surface area contributed by atoms with E-state index in [0.29, 0.717) is 17.4 Å². The summed E-state index contributed by atoms with van der Waals surface area (Å²) in [6.45, 7) is 8.43. The molecule has 2 atom stereocenters. The smallest absolute Gasteiger partial charge is 0.260 e. The van der Waals surface area contributed by atoms with E-state index in [1.54, 1.807) is 12.1 Å². The van der Waals surface area contributed by atoms with Crippen LogP contribution < -0.4 is 4.74 Å². The van der Waals surface area contributed by atoms with E-state index >= 15 is 0 Å². The molecule has 1 aliphatic heterocycles. The Labute approximate surface area is 175 Å². The second kappa shape index (κ2) is 9.64. The lowest BCUT2D eigenvalue weighted by Gasteiger charge is -2.39. The molecule has 0 spiro atoms. The number of benzene rings is 1. The fourth-order valence-corrected chi connectivity index (χ4v) is 4.98. The number of ether oxygens (including phenoxy) is 1. The van der Waals surface area contributed by atoms with Crippen molar-refractivity contribution in [1.29, 1.82) is 0 Å². The maximum Gasteiger partial charge on any atom is 0.260 e. The molecule has 1 aromatic carbocycles. The molecule has 2 amide bonds. The predicted octanol–water partition coefficient (Wildman–Crippen LogP) is 4.65. The Morgan fingerprint density at radius 1 is 1.00 bits per heavy atom. The van der Waals surface area contributed by atoms with Gasteiger partial charge in [-0.2, -0.15) is 0 Å². The molecule has 2 fully saturated rings. The molecule has 5 nitrogen and oxygen atoms in total. The van der Waals surface area contributed by atoms with Crippen LogP contribution in [0.3, 0.4) is 0 Å². The van der Waals surface area contributed by atoms with E-state index < -0.39 is 0 Å². The molecule has 2 unspecified atom stereocenters. The van der Waals surface area contributed by atoms with E-state index in [4.69, 9.17) is 4.74 Å². The summed E-state index contributed by atoms with van der Waals surface area (Å²) in [5.74, 6) is 0.756. The zero-order chi connectivity index (χ0) is 21.0.